The Morgan fingerprint density at radius 3 is 2.45 bits per heavy atom. The topological polar surface area (TPSA) is 49.3 Å². The number of nitrogens with one attached hydrogen (secondary N) is 1. The van der Waals surface area contributed by atoms with Crippen LogP contribution in [-0.4, -0.2) is 11.1 Å². The maximum atomic E-state index is 12.6. The van der Waals surface area contributed by atoms with Gasteiger partial charge in [0.1, 0.15) is 9.75 Å². The minimum absolute atomic E-state index is 0.136. The summed E-state index contributed by atoms with van der Waals surface area (Å²) in [6.45, 7) is 0. The highest BCUT2D eigenvalue weighted by Gasteiger charge is 2.35. The van der Waals surface area contributed by atoms with Crippen molar-refractivity contribution in [1.82, 2.24) is 0 Å². The standard InChI is InChI=1S/C12H7ClF3NO2S/c13-6-3-1-2-4-7(6)17-8-5-9(12(14,15)16)20-10(8)11(18)19/h1-5,17H,(H,18,19). The maximum Gasteiger partial charge on any atom is 0.425 e. The van der Waals surface area contributed by atoms with Crippen LogP contribution >= 0.6 is 22.9 Å². The van der Waals surface area contributed by atoms with Gasteiger partial charge < -0.3 is 10.4 Å². The summed E-state index contributed by atoms with van der Waals surface area (Å²) >= 11 is 6.04. The molecule has 0 radical (unpaired) electrons. The summed E-state index contributed by atoms with van der Waals surface area (Å²) < 4.78 is 37.9. The van der Waals surface area contributed by atoms with Crippen molar-refractivity contribution in [3.8, 4) is 0 Å². The number of anilines is 2. The van der Waals surface area contributed by atoms with Crippen LogP contribution in [0.1, 0.15) is 14.5 Å². The number of carboxylic acids is 1. The summed E-state index contributed by atoms with van der Waals surface area (Å²) in [6.07, 6.45) is -4.59. The first-order valence-electron chi connectivity index (χ1n) is 5.25. The molecule has 20 heavy (non-hydrogen) atoms. The number of carbonyl (C=O) groups is 1. The summed E-state index contributed by atoms with van der Waals surface area (Å²) in [7, 11) is 0. The van der Waals surface area contributed by atoms with E-state index in [0.29, 0.717) is 5.69 Å². The predicted molar refractivity (Wildman–Crippen MR) is 71.0 cm³/mol. The van der Waals surface area contributed by atoms with Crippen molar-refractivity contribution in [1.29, 1.82) is 0 Å². The summed E-state index contributed by atoms with van der Waals surface area (Å²) in [5, 5.41) is 11.9. The Morgan fingerprint density at radius 1 is 1.25 bits per heavy atom. The van der Waals surface area contributed by atoms with E-state index in [1.165, 1.54) is 0 Å². The van der Waals surface area contributed by atoms with E-state index >= 15 is 0 Å². The van der Waals surface area contributed by atoms with Crippen molar-refractivity contribution >= 4 is 40.3 Å². The third-order valence-corrected chi connectivity index (χ3v) is 3.85. The third-order valence-electron chi connectivity index (χ3n) is 2.35. The smallest absolute Gasteiger partial charge is 0.425 e. The number of aromatic carboxylic acids is 1. The molecule has 2 aromatic rings. The minimum Gasteiger partial charge on any atom is -0.477 e. The Kier molecular flexibility index (Phi) is 3.92. The van der Waals surface area contributed by atoms with E-state index < -0.39 is 21.9 Å². The van der Waals surface area contributed by atoms with Gasteiger partial charge in [-0.25, -0.2) is 4.79 Å². The maximum absolute atomic E-state index is 12.6. The van der Waals surface area contributed by atoms with Gasteiger partial charge in [0.2, 0.25) is 0 Å². The Hall–Kier alpha value is -1.73. The molecule has 0 unspecified atom stereocenters. The summed E-state index contributed by atoms with van der Waals surface area (Å²) in [5.74, 6) is -1.43. The lowest BCUT2D eigenvalue weighted by molar-refractivity contribution is -0.134. The molecule has 2 rings (SSSR count). The number of benzene rings is 1. The predicted octanol–water partition coefficient (Wildman–Crippen LogP) is 4.86. The van der Waals surface area contributed by atoms with Crippen molar-refractivity contribution in [3.05, 3.63) is 45.1 Å². The van der Waals surface area contributed by atoms with E-state index in [1.807, 2.05) is 0 Å². The Morgan fingerprint density at radius 2 is 1.90 bits per heavy atom. The Balaban J connectivity index is 2.43. The summed E-state index contributed by atoms with van der Waals surface area (Å²) in [4.78, 5) is 9.61. The molecule has 2 N–H and O–H groups in total. The number of rotatable bonds is 3. The molecule has 3 nitrogen and oxygen atoms in total. The van der Waals surface area contributed by atoms with Crippen LogP contribution in [-0.2, 0) is 6.18 Å². The van der Waals surface area contributed by atoms with Crippen LogP contribution in [0, 0.1) is 0 Å². The summed E-state index contributed by atoms with van der Waals surface area (Å²) in [5.41, 5.74) is 0.200. The van der Waals surface area contributed by atoms with Crippen LogP contribution in [0.5, 0.6) is 0 Å². The monoisotopic (exact) mass is 321 g/mol. The van der Waals surface area contributed by atoms with Gasteiger partial charge in [0.25, 0.3) is 0 Å². The van der Waals surface area contributed by atoms with Gasteiger partial charge in [-0.3, -0.25) is 0 Å². The molecular formula is C12H7ClF3NO2S. The molecule has 0 saturated carbocycles. The van der Waals surface area contributed by atoms with Crippen LogP contribution in [0.25, 0.3) is 0 Å². The average Bonchev–Trinajstić information content (AvgIpc) is 2.76. The molecule has 1 aromatic carbocycles. The zero-order valence-electron chi connectivity index (χ0n) is 9.66. The lowest BCUT2D eigenvalue weighted by atomic mass is 10.3. The zero-order valence-corrected chi connectivity index (χ0v) is 11.2. The first kappa shape index (κ1) is 14.7. The fraction of sp³-hybridized carbons (Fsp3) is 0.0833. The quantitative estimate of drug-likeness (QED) is 0.848. The largest absolute Gasteiger partial charge is 0.477 e. The molecule has 0 amide bonds. The fourth-order valence-corrected chi connectivity index (χ4v) is 2.49. The second-order valence-electron chi connectivity index (χ2n) is 3.76. The van der Waals surface area contributed by atoms with Crippen molar-refractivity contribution in [2.45, 2.75) is 6.18 Å². The highest BCUT2D eigenvalue weighted by atomic mass is 35.5. The van der Waals surface area contributed by atoms with Crippen molar-refractivity contribution in [2.75, 3.05) is 5.32 Å². The second-order valence-corrected chi connectivity index (χ2v) is 5.22. The molecule has 0 bridgehead atoms. The SMILES string of the molecule is O=C(O)c1sc(C(F)(F)F)cc1Nc1ccccc1Cl. The van der Waals surface area contributed by atoms with Crippen LogP contribution in [0.15, 0.2) is 30.3 Å². The van der Waals surface area contributed by atoms with Crippen molar-refractivity contribution < 1.29 is 23.1 Å². The van der Waals surface area contributed by atoms with Gasteiger partial charge in [0.15, 0.2) is 0 Å². The van der Waals surface area contributed by atoms with E-state index in [9.17, 15) is 18.0 Å². The molecule has 106 valence electrons. The van der Waals surface area contributed by atoms with Crippen LogP contribution in [0.4, 0.5) is 24.5 Å². The molecule has 0 saturated heterocycles. The van der Waals surface area contributed by atoms with E-state index in [1.54, 1.807) is 24.3 Å². The van der Waals surface area contributed by atoms with Gasteiger partial charge in [-0.2, -0.15) is 13.2 Å². The van der Waals surface area contributed by atoms with E-state index in [4.69, 9.17) is 16.7 Å². The number of para-hydroxylation sites is 1. The van der Waals surface area contributed by atoms with Gasteiger partial charge >= 0.3 is 12.1 Å². The van der Waals surface area contributed by atoms with Crippen LogP contribution < -0.4 is 5.32 Å². The molecule has 1 aromatic heterocycles. The number of thiophene rings is 1. The molecule has 0 aliphatic rings. The normalized spacial score (nSPS) is 11.4. The lowest BCUT2D eigenvalue weighted by Crippen LogP contribution is -2.00. The molecule has 0 aliphatic carbocycles. The first-order valence-corrected chi connectivity index (χ1v) is 6.44. The second kappa shape index (κ2) is 5.34. The highest BCUT2D eigenvalue weighted by Crippen LogP contribution is 2.40. The first-order chi connectivity index (χ1) is 9.29. The Bertz CT molecular complexity index is 654. The molecule has 1 heterocycles. The zero-order chi connectivity index (χ0) is 14.9. The van der Waals surface area contributed by atoms with Gasteiger partial charge in [-0.05, 0) is 18.2 Å². The number of halogens is 4. The molecule has 0 fully saturated rings. The summed E-state index contributed by atoms with van der Waals surface area (Å²) in [6, 6.07) is 7.13. The van der Waals surface area contributed by atoms with E-state index in [-0.39, 0.29) is 22.0 Å². The van der Waals surface area contributed by atoms with Crippen molar-refractivity contribution in [3.63, 3.8) is 0 Å². The van der Waals surface area contributed by atoms with Crippen molar-refractivity contribution in [2.24, 2.45) is 0 Å². The van der Waals surface area contributed by atoms with Gasteiger partial charge in [-0.15, -0.1) is 11.3 Å². The minimum atomic E-state index is -4.59. The van der Waals surface area contributed by atoms with Gasteiger partial charge in [-0.1, -0.05) is 23.7 Å². The van der Waals surface area contributed by atoms with Crippen LogP contribution in [0.3, 0.4) is 0 Å². The molecule has 0 atom stereocenters. The molecular weight excluding hydrogens is 315 g/mol. The fourth-order valence-electron chi connectivity index (χ4n) is 1.49. The Labute approximate surface area is 120 Å². The molecule has 0 aliphatic heterocycles. The lowest BCUT2D eigenvalue weighted by Gasteiger charge is -2.07. The number of alkyl halides is 3. The number of hydrogen-bond donors (Lipinski definition) is 2. The van der Waals surface area contributed by atoms with E-state index in [2.05, 4.69) is 5.32 Å². The molecule has 8 heteroatoms. The number of hydrogen-bond acceptors (Lipinski definition) is 3. The third kappa shape index (κ3) is 3.05. The van der Waals surface area contributed by atoms with Gasteiger partial charge in [0, 0.05) is 0 Å². The average molecular weight is 322 g/mol. The van der Waals surface area contributed by atoms with E-state index in [0.717, 1.165) is 6.07 Å². The van der Waals surface area contributed by atoms with Crippen LogP contribution in [0.2, 0.25) is 5.02 Å². The number of carboxylic acid groups (broad SMARTS) is 1. The molecule has 0 spiro atoms. The highest BCUT2D eigenvalue weighted by molar-refractivity contribution is 7.14. The van der Waals surface area contributed by atoms with Gasteiger partial charge in [0.05, 0.1) is 16.4 Å².